The molecule has 0 spiro atoms. The third-order valence-electron chi connectivity index (χ3n) is 6.25. The molecule has 1 aliphatic heterocycles. The summed E-state index contributed by atoms with van der Waals surface area (Å²) in [5, 5.41) is 11.9. The maximum absolute atomic E-state index is 13.3. The van der Waals surface area contributed by atoms with Crippen LogP contribution in [-0.4, -0.2) is 55.9 Å². The lowest BCUT2D eigenvalue weighted by atomic mass is 9.88. The molecule has 0 radical (unpaired) electrons. The lowest BCUT2D eigenvalue weighted by Crippen LogP contribution is -2.40. The summed E-state index contributed by atoms with van der Waals surface area (Å²) in [4.78, 5) is 39.1. The molecule has 0 aliphatic carbocycles. The van der Waals surface area contributed by atoms with Crippen LogP contribution < -0.4 is 14.2 Å². The Morgan fingerprint density at radius 3 is 2.11 bits per heavy atom. The number of nitro benzene ring substituents is 1. The Hall–Kier alpha value is -3.62. The zero-order valence-electron chi connectivity index (χ0n) is 20.8. The highest BCUT2D eigenvalue weighted by molar-refractivity contribution is 6.01. The van der Waals surface area contributed by atoms with Gasteiger partial charge >= 0.3 is 5.69 Å². The van der Waals surface area contributed by atoms with Crippen molar-refractivity contribution in [2.45, 2.75) is 33.1 Å². The first kappa shape index (κ1) is 26.0. The van der Waals surface area contributed by atoms with Crippen LogP contribution in [0.4, 0.5) is 5.69 Å². The number of nitrogens with zero attached hydrogens (tertiary/aromatic N) is 2. The third kappa shape index (κ3) is 5.55. The van der Waals surface area contributed by atoms with Crippen molar-refractivity contribution in [1.82, 2.24) is 4.90 Å². The van der Waals surface area contributed by atoms with Crippen LogP contribution in [0.2, 0.25) is 0 Å². The van der Waals surface area contributed by atoms with Gasteiger partial charge in [-0.25, -0.2) is 0 Å². The van der Waals surface area contributed by atoms with Gasteiger partial charge in [0.25, 0.3) is 5.91 Å². The fourth-order valence-electron chi connectivity index (χ4n) is 4.51. The summed E-state index contributed by atoms with van der Waals surface area (Å²) in [6.07, 6.45) is 1.93. The van der Waals surface area contributed by atoms with Crippen molar-refractivity contribution in [3.63, 3.8) is 0 Å². The second kappa shape index (κ2) is 11.2. The first-order valence-corrected chi connectivity index (χ1v) is 11.6. The zero-order chi connectivity index (χ0) is 25.7. The molecule has 1 amide bonds. The molecular weight excluding hydrogens is 452 g/mol. The first-order valence-electron chi connectivity index (χ1n) is 11.6. The highest BCUT2D eigenvalue weighted by Crippen LogP contribution is 2.46. The molecule has 0 N–H and O–H groups in total. The van der Waals surface area contributed by atoms with Gasteiger partial charge < -0.3 is 19.1 Å². The minimum Gasteiger partial charge on any atom is -0.493 e. The predicted molar refractivity (Wildman–Crippen MR) is 131 cm³/mol. The van der Waals surface area contributed by atoms with Crippen LogP contribution in [0, 0.1) is 22.0 Å². The summed E-state index contributed by atoms with van der Waals surface area (Å²) in [6, 6.07) is 9.04. The van der Waals surface area contributed by atoms with E-state index in [2.05, 4.69) is 13.8 Å². The van der Waals surface area contributed by atoms with Crippen molar-refractivity contribution in [3.8, 4) is 17.2 Å². The van der Waals surface area contributed by atoms with E-state index in [1.54, 1.807) is 0 Å². The molecule has 1 saturated heterocycles. The molecule has 0 saturated carbocycles. The van der Waals surface area contributed by atoms with E-state index in [0.717, 1.165) is 6.42 Å². The SMILES string of the molecule is COc1cc(C(=O)N2CCC(C(=O)c3ccc(CC(C)C)cc3)CC2)c([N+](=O)[O-])c(OC)c1OC. The van der Waals surface area contributed by atoms with Gasteiger partial charge in [-0.05, 0) is 30.7 Å². The minimum atomic E-state index is -0.659. The van der Waals surface area contributed by atoms with Gasteiger partial charge in [-0.1, -0.05) is 38.1 Å². The van der Waals surface area contributed by atoms with E-state index in [1.807, 2.05) is 24.3 Å². The molecule has 9 nitrogen and oxygen atoms in total. The first-order chi connectivity index (χ1) is 16.7. The molecule has 1 fully saturated rings. The Balaban J connectivity index is 1.77. The molecule has 3 rings (SSSR count). The van der Waals surface area contributed by atoms with Crippen molar-refractivity contribution < 1.29 is 28.7 Å². The lowest BCUT2D eigenvalue weighted by molar-refractivity contribution is -0.386. The van der Waals surface area contributed by atoms with E-state index in [4.69, 9.17) is 14.2 Å². The Kier molecular flexibility index (Phi) is 8.32. The van der Waals surface area contributed by atoms with Crippen LogP contribution >= 0.6 is 0 Å². The third-order valence-corrected chi connectivity index (χ3v) is 6.25. The average molecular weight is 485 g/mol. The number of methoxy groups -OCH3 is 3. The molecule has 1 aliphatic rings. The highest BCUT2D eigenvalue weighted by atomic mass is 16.6. The highest BCUT2D eigenvalue weighted by Gasteiger charge is 2.36. The van der Waals surface area contributed by atoms with Crippen molar-refractivity contribution in [1.29, 1.82) is 0 Å². The number of carbonyl (C=O) groups excluding carboxylic acids is 2. The van der Waals surface area contributed by atoms with Crippen LogP contribution in [0.25, 0.3) is 0 Å². The number of amides is 1. The van der Waals surface area contributed by atoms with E-state index < -0.39 is 16.5 Å². The average Bonchev–Trinajstić information content (AvgIpc) is 2.86. The smallest absolute Gasteiger partial charge is 0.327 e. The molecule has 35 heavy (non-hydrogen) atoms. The van der Waals surface area contributed by atoms with Crippen LogP contribution in [0.1, 0.15) is 53.0 Å². The number of Topliss-reactive ketones (excluding diaryl/α,β-unsaturated/α-hetero) is 1. The summed E-state index contributed by atoms with van der Waals surface area (Å²) in [5.41, 5.74) is 1.25. The van der Waals surface area contributed by atoms with Gasteiger partial charge in [-0.15, -0.1) is 0 Å². The number of nitro groups is 1. The molecule has 188 valence electrons. The van der Waals surface area contributed by atoms with Gasteiger partial charge in [0.2, 0.25) is 11.5 Å². The second-order valence-electron chi connectivity index (χ2n) is 9.02. The monoisotopic (exact) mass is 484 g/mol. The van der Waals surface area contributed by atoms with Gasteiger partial charge in [0.05, 0.1) is 26.3 Å². The van der Waals surface area contributed by atoms with Crippen molar-refractivity contribution >= 4 is 17.4 Å². The number of ketones is 1. The van der Waals surface area contributed by atoms with Crippen LogP contribution in [-0.2, 0) is 6.42 Å². The zero-order valence-corrected chi connectivity index (χ0v) is 20.8. The molecule has 2 aromatic rings. The van der Waals surface area contributed by atoms with Gasteiger partial charge in [-0.3, -0.25) is 19.7 Å². The van der Waals surface area contributed by atoms with Gasteiger partial charge in [0.1, 0.15) is 5.56 Å². The Labute approximate surface area is 205 Å². The number of ether oxygens (including phenoxy) is 3. The van der Waals surface area contributed by atoms with Crippen LogP contribution in [0.15, 0.2) is 30.3 Å². The predicted octanol–water partition coefficient (Wildman–Crippen LogP) is 4.55. The molecular formula is C26H32N2O7. The van der Waals surface area contributed by atoms with Crippen LogP contribution in [0.3, 0.4) is 0 Å². The van der Waals surface area contributed by atoms with E-state index in [1.165, 1.54) is 37.9 Å². The van der Waals surface area contributed by atoms with Crippen molar-refractivity contribution in [2.24, 2.45) is 11.8 Å². The largest absolute Gasteiger partial charge is 0.493 e. The maximum atomic E-state index is 13.3. The van der Waals surface area contributed by atoms with Crippen molar-refractivity contribution in [3.05, 3.63) is 57.1 Å². The van der Waals surface area contributed by atoms with E-state index in [-0.39, 0.29) is 34.5 Å². The van der Waals surface area contributed by atoms with Gasteiger partial charge in [0, 0.05) is 30.6 Å². The van der Waals surface area contributed by atoms with Gasteiger partial charge in [0.15, 0.2) is 11.5 Å². The maximum Gasteiger partial charge on any atom is 0.327 e. The Morgan fingerprint density at radius 2 is 1.63 bits per heavy atom. The second-order valence-corrected chi connectivity index (χ2v) is 9.02. The molecule has 2 aromatic carbocycles. The topological polar surface area (TPSA) is 108 Å². The number of hydrogen-bond donors (Lipinski definition) is 0. The minimum absolute atomic E-state index is 0.0435. The summed E-state index contributed by atoms with van der Waals surface area (Å²) in [5.74, 6) is -0.0888. The summed E-state index contributed by atoms with van der Waals surface area (Å²) in [7, 11) is 3.99. The Morgan fingerprint density at radius 1 is 1.03 bits per heavy atom. The van der Waals surface area contributed by atoms with E-state index in [9.17, 15) is 19.7 Å². The number of piperidine rings is 1. The van der Waals surface area contributed by atoms with Crippen molar-refractivity contribution in [2.75, 3.05) is 34.4 Å². The fraction of sp³-hybridized carbons (Fsp3) is 0.462. The summed E-state index contributed by atoms with van der Waals surface area (Å²) >= 11 is 0. The van der Waals surface area contributed by atoms with E-state index in [0.29, 0.717) is 37.4 Å². The van der Waals surface area contributed by atoms with E-state index >= 15 is 0 Å². The number of carbonyl (C=O) groups is 2. The normalized spacial score (nSPS) is 14.1. The number of likely N-dealkylation sites (tertiary alicyclic amines) is 1. The Bertz CT molecular complexity index is 1090. The number of benzene rings is 2. The summed E-state index contributed by atoms with van der Waals surface area (Å²) in [6.45, 7) is 4.94. The van der Waals surface area contributed by atoms with Crippen LogP contribution in [0.5, 0.6) is 17.2 Å². The molecule has 9 heteroatoms. The molecule has 0 bridgehead atoms. The molecule has 0 unspecified atom stereocenters. The molecule has 1 heterocycles. The lowest BCUT2D eigenvalue weighted by Gasteiger charge is -2.31. The standard InChI is InChI=1S/C26H32N2O7/c1-16(2)14-17-6-8-18(9-7-17)23(29)19-10-12-27(13-11-19)26(30)20-15-21(33-3)24(34-4)25(35-5)22(20)28(31)32/h6-9,15-16,19H,10-14H2,1-5H3. The fourth-order valence-corrected chi connectivity index (χ4v) is 4.51. The van der Waals surface area contributed by atoms with Gasteiger partial charge in [-0.2, -0.15) is 0 Å². The summed E-state index contributed by atoms with van der Waals surface area (Å²) < 4.78 is 15.7. The molecule has 0 aromatic heterocycles. The quantitative estimate of drug-likeness (QED) is 0.292. The molecule has 0 atom stereocenters. The number of rotatable bonds is 9. The number of hydrogen-bond acceptors (Lipinski definition) is 7.